The van der Waals surface area contributed by atoms with E-state index < -0.39 is 0 Å². The summed E-state index contributed by atoms with van der Waals surface area (Å²) >= 11 is 0. The highest BCUT2D eigenvalue weighted by molar-refractivity contribution is 6.14. The molecular formula is C17H17N3O2. The minimum atomic E-state index is 0.255. The Morgan fingerprint density at radius 2 is 1.86 bits per heavy atom. The van der Waals surface area contributed by atoms with Crippen LogP contribution in [-0.4, -0.2) is 18.5 Å². The van der Waals surface area contributed by atoms with Crippen LogP contribution in [0.4, 0.5) is 5.69 Å². The summed E-state index contributed by atoms with van der Waals surface area (Å²) in [5, 5.41) is 4.60. The van der Waals surface area contributed by atoms with Crippen LogP contribution in [-0.2, 0) is 6.42 Å². The van der Waals surface area contributed by atoms with Crippen molar-refractivity contribution in [3.63, 3.8) is 0 Å². The van der Waals surface area contributed by atoms with Gasteiger partial charge in [0.15, 0.2) is 11.5 Å². The molecule has 3 N–H and O–H groups in total. The molecule has 112 valence electrons. The molecule has 5 heteroatoms. The minimum Gasteiger partial charge on any atom is -0.454 e. The molecule has 4 rings (SSSR count). The van der Waals surface area contributed by atoms with Crippen LogP contribution >= 0.6 is 0 Å². The molecule has 0 radical (unpaired) electrons. The van der Waals surface area contributed by atoms with E-state index in [4.69, 9.17) is 15.2 Å². The number of hydrazone groups is 1. The number of nitrogens with two attached hydrogens (primary N) is 1. The monoisotopic (exact) mass is 295 g/mol. The van der Waals surface area contributed by atoms with Crippen molar-refractivity contribution in [2.75, 3.05) is 12.5 Å². The number of nitrogens with zero attached hydrogens (tertiary/aromatic N) is 1. The Kier molecular flexibility index (Phi) is 2.92. The van der Waals surface area contributed by atoms with Crippen molar-refractivity contribution in [1.82, 2.24) is 5.43 Å². The summed E-state index contributed by atoms with van der Waals surface area (Å²) in [4.78, 5) is 0. The molecule has 2 heterocycles. The highest BCUT2D eigenvalue weighted by Crippen LogP contribution is 2.36. The Morgan fingerprint density at radius 1 is 1.14 bits per heavy atom. The molecule has 0 fully saturated rings. The van der Waals surface area contributed by atoms with Crippen LogP contribution in [0.25, 0.3) is 0 Å². The Hall–Kier alpha value is -2.69. The van der Waals surface area contributed by atoms with E-state index in [1.165, 1.54) is 5.56 Å². The molecule has 0 amide bonds. The van der Waals surface area contributed by atoms with E-state index in [9.17, 15) is 0 Å². The third-order valence-corrected chi connectivity index (χ3v) is 3.96. The molecule has 5 nitrogen and oxygen atoms in total. The predicted octanol–water partition coefficient (Wildman–Crippen LogP) is 2.28. The van der Waals surface area contributed by atoms with Crippen LogP contribution < -0.4 is 20.6 Å². The van der Waals surface area contributed by atoms with Gasteiger partial charge in [-0.1, -0.05) is 12.1 Å². The Labute approximate surface area is 128 Å². The van der Waals surface area contributed by atoms with Gasteiger partial charge in [-0.2, -0.15) is 5.10 Å². The maximum Gasteiger partial charge on any atom is 0.231 e. The normalized spacial score (nSPS) is 19.0. The lowest BCUT2D eigenvalue weighted by Gasteiger charge is -2.11. The molecule has 0 aliphatic carbocycles. The summed E-state index contributed by atoms with van der Waals surface area (Å²) in [6.07, 6.45) is 0.883. The molecule has 0 saturated heterocycles. The lowest BCUT2D eigenvalue weighted by molar-refractivity contribution is 0.174. The van der Waals surface area contributed by atoms with Crippen LogP contribution in [0.5, 0.6) is 11.5 Å². The number of ether oxygens (including phenoxy) is 2. The fourth-order valence-corrected chi connectivity index (χ4v) is 2.84. The van der Waals surface area contributed by atoms with Crippen molar-refractivity contribution in [1.29, 1.82) is 0 Å². The second-order valence-corrected chi connectivity index (χ2v) is 5.68. The molecule has 0 unspecified atom stereocenters. The van der Waals surface area contributed by atoms with Crippen LogP contribution in [0.3, 0.4) is 0 Å². The molecule has 2 aliphatic heterocycles. The fraction of sp³-hybridized carbons (Fsp3) is 0.235. The second kappa shape index (κ2) is 4.94. The smallest absolute Gasteiger partial charge is 0.231 e. The van der Waals surface area contributed by atoms with Gasteiger partial charge in [0, 0.05) is 22.9 Å². The van der Waals surface area contributed by atoms with Crippen molar-refractivity contribution in [2.24, 2.45) is 5.10 Å². The van der Waals surface area contributed by atoms with Gasteiger partial charge in [-0.15, -0.1) is 0 Å². The highest BCUT2D eigenvalue weighted by Gasteiger charge is 2.23. The van der Waals surface area contributed by atoms with E-state index in [-0.39, 0.29) is 12.8 Å². The highest BCUT2D eigenvalue weighted by atomic mass is 16.7. The van der Waals surface area contributed by atoms with Gasteiger partial charge in [-0.3, -0.25) is 0 Å². The largest absolute Gasteiger partial charge is 0.454 e. The molecular weight excluding hydrogens is 278 g/mol. The van der Waals surface area contributed by atoms with Crippen LogP contribution in [0.1, 0.15) is 23.6 Å². The number of anilines is 1. The van der Waals surface area contributed by atoms with Crippen LogP contribution in [0.2, 0.25) is 0 Å². The maximum absolute atomic E-state index is 5.79. The molecule has 2 aromatic rings. The summed E-state index contributed by atoms with van der Waals surface area (Å²) in [6, 6.07) is 12.1. The van der Waals surface area contributed by atoms with E-state index in [0.29, 0.717) is 0 Å². The van der Waals surface area contributed by atoms with Crippen molar-refractivity contribution in [2.45, 2.75) is 19.4 Å². The van der Waals surface area contributed by atoms with Crippen molar-refractivity contribution >= 4 is 11.4 Å². The molecule has 0 saturated carbocycles. The summed E-state index contributed by atoms with van der Waals surface area (Å²) in [5.74, 6) is 1.58. The van der Waals surface area contributed by atoms with Gasteiger partial charge in [-0.25, -0.2) is 0 Å². The molecule has 1 atom stereocenters. The SMILES string of the molecule is C[C@H]1Cc2cc3c(cc2C(c2ccc(N)cc2)=NN1)OCO3. The van der Waals surface area contributed by atoms with E-state index >= 15 is 0 Å². The third-order valence-electron chi connectivity index (χ3n) is 3.96. The van der Waals surface area contributed by atoms with Gasteiger partial charge in [0.2, 0.25) is 6.79 Å². The molecule has 0 aromatic heterocycles. The molecule has 22 heavy (non-hydrogen) atoms. The van der Waals surface area contributed by atoms with Crippen LogP contribution in [0.15, 0.2) is 41.5 Å². The fourth-order valence-electron chi connectivity index (χ4n) is 2.84. The number of nitrogens with one attached hydrogen (secondary N) is 1. The van der Waals surface area contributed by atoms with Crippen LogP contribution in [0, 0.1) is 0 Å². The van der Waals surface area contributed by atoms with Gasteiger partial charge in [0.1, 0.15) is 0 Å². The Balaban J connectivity index is 1.87. The summed E-state index contributed by atoms with van der Waals surface area (Å²) in [7, 11) is 0. The number of hydrogen-bond acceptors (Lipinski definition) is 5. The summed E-state index contributed by atoms with van der Waals surface area (Å²) < 4.78 is 11.0. The quantitative estimate of drug-likeness (QED) is 0.792. The topological polar surface area (TPSA) is 68.9 Å². The van der Waals surface area contributed by atoms with E-state index in [0.717, 1.165) is 40.4 Å². The number of hydrogen-bond donors (Lipinski definition) is 2. The first-order valence-corrected chi connectivity index (χ1v) is 7.33. The Bertz CT molecular complexity index is 753. The molecule has 2 aliphatic rings. The van der Waals surface area contributed by atoms with E-state index in [1.807, 2.05) is 30.3 Å². The zero-order valence-corrected chi connectivity index (χ0v) is 12.3. The van der Waals surface area contributed by atoms with Gasteiger partial charge in [0.05, 0.1) is 5.71 Å². The zero-order valence-electron chi connectivity index (χ0n) is 12.3. The first-order valence-electron chi connectivity index (χ1n) is 7.33. The lowest BCUT2D eigenvalue weighted by atomic mass is 9.94. The standard InChI is InChI=1S/C17H17N3O2/c1-10-6-12-7-15-16(22-9-21-15)8-14(12)17(20-19-10)11-2-4-13(18)5-3-11/h2-5,7-8,10,19H,6,9,18H2,1H3/t10-/m0/s1. The number of nitrogen functional groups attached to an aromatic ring is 1. The van der Waals surface area contributed by atoms with Gasteiger partial charge in [-0.05, 0) is 43.2 Å². The first kappa shape index (κ1) is 13.0. The van der Waals surface area contributed by atoms with Gasteiger partial charge >= 0.3 is 0 Å². The molecule has 0 spiro atoms. The summed E-state index contributed by atoms with van der Waals surface area (Å²) in [5.41, 5.74) is 13.9. The van der Waals surface area contributed by atoms with E-state index in [2.05, 4.69) is 23.5 Å². The number of rotatable bonds is 1. The van der Waals surface area contributed by atoms with Gasteiger partial charge in [0.25, 0.3) is 0 Å². The number of fused-ring (bicyclic) bond motifs is 2. The summed E-state index contributed by atoms with van der Waals surface area (Å²) in [6.45, 7) is 2.39. The van der Waals surface area contributed by atoms with Crippen molar-refractivity contribution < 1.29 is 9.47 Å². The van der Waals surface area contributed by atoms with E-state index in [1.54, 1.807) is 0 Å². The average Bonchev–Trinajstić information content (AvgIpc) is 2.89. The molecule has 2 aromatic carbocycles. The third kappa shape index (κ3) is 2.15. The first-order chi connectivity index (χ1) is 10.7. The zero-order chi connectivity index (χ0) is 15.1. The maximum atomic E-state index is 5.79. The number of benzene rings is 2. The van der Waals surface area contributed by atoms with Crippen molar-refractivity contribution in [3.8, 4) is 11.5 Å². The lowest BCUT2D eigenvalue weighted by Crippen LogP contribution is -2.21. The predicted molar refractivity (Wildman–Crippen MR) is 85.4 cm³/mol. The Morgan fingerprint density at radius 3 is 2.64 bits per heavy atom. The van der Waals surface area contributed by atoms with Gasteiger partial charge < -0.3 is 20.6 Å². The van der Waals surface area contributed by atoms with Crippen molar-refractivity contribution in [3.05, 3.63) is 53.1 Å². The minimum absolute atomic E-state index is 0.255. The molecule has 0 bridgehead atoms. The second-order valence-electron chi connectivity index (χ2n) is 5.68. The average molecular weight is 295 g/mol.